The Bertz CT molecular complexity index is 447. The summed E-state index contributed by atoms with van der Waals surface area (Å²) in [6, 6.07) is 7.88. The Balaban J connectivity index is 2.98. The molecule has 1 N–H and O–H groups in total. The molecule has 1 amide bonds. The molecule has 3 nitrogen and oxygen atoms in total. The van der Waals surface area contributed by atoms with Crippen LogP contribution in [0, 0.1) is 11.3 Å². The van der Waals surface area contributed by atoms with E-state index >= 15 is 0 Å². The fourth-order valence-corrected chi connectivity index (χ4v) is 2.21. The lowest BCUT2D eigenvalue weighted by Gasteiger charge is -2.32. The summed E-state index contributed by atoms with van der Waals surface area (Å²) in [7, 11) is 1.66. The monoisotopic (exact) mass is 277 g/mol. The Hall–Kier alpha value is -1.51. The minimum absolute atomic E-state index is 0.0242. The Morgan fingerprint density at radius 3 is 2.45 bits per heavy atom. The zero-order chi connectivity index (χ0) is 15.3. The van der Waals surface area contributed by atoms with Crippen molar-refractivity contribution in [2.45, 2.75) is 47.1 Å². The van der Waals surface area contributed by atoms with Crippen LogP contribution in [0.2, 0.25) is 0 Å². The predicted octanol–water partition coefficient (Wildman–Crippen LogP) is 3.94. The number of hydrogen-bond donors (Lipinski definition) is 1. The highest BCUT2D eigenvalue weighted by molar-refractivity contribution is 5.76. The van der Waals surface area contributed by atoms with Gasteiger partial charge in [0.05, 0.1) is 13.2 Å². The second-order valence-corrected chi connectivity index (χ2v) is 6.74. The molecule has 1 rings (SSSR count). The van der Waals surface area contributed by atoms with E-state index in [9.17, 15) is 4.79 Å². The minimum atomic E-state index is -0.0565. The quantitative estimate of drug-likeness (QED) is 0.885. The number of methoxy groups -OCH3 is 1. The number of benzene rings is 1. The van der Waals surface area contributed by atoms with E-state index in [0.29, 0.717) is 12.3 Å². The van der Waals surface area contributed by atoms with Crippen molar-refractivity contribution >= 4 is 5.91 Å². The van der Waals surface area contributed by atoms with Gasteiger partial charge in [0.2, 0.25) is 5.91 Å². The lowest BCUT2D eigenvalue weighted by molar-refractivity contribution is -0.123. The zero-order valence-electron chi connectivity index (χ0n) is 13.5. The maximum Gasteiger partial charge on any atom is 0.220 e. The summed E-state index contributed by atoms with van der Waals surface area (Å²) < 4.78 is 5.27. The van der Waals surface area contributed by atoms with Crippen LogP contribution in [0.1, 0.15) is 52.6 Å². The summed E-state index contributed by atoms with van der Waals surface area (Å²) in [4.78, 5) is 12.1. The van der Waals surface area contributed by atoms with Gasteiger partial charge in [-0.2, -0.15) is 0 Å². The van der Waals surface area contributed by atoms with Gasteiger partial charge in [-0.25, -0.2) is 0 Å². The zero-order valence-corrected chi connectivity index (χ0v) is 13.5. The van der Waals surface area contributed by atoms with Gasteiger partial charge in [0.25, 0.3) is 0 Å². The van der Waals surface area contributed by atoms with Crippen LogP contribution in [0.5, 0.6) is 5.75 Å². The number of hydrogen-bond acceptors (Lipinski definition) is 2. The fourth-order valence-electron chi connectivity index (χ4n) is 2.21. The van der Waals surface area contributed by atoms with Crippen molar-refractivity contribution in [1.82, 2.24) is 5.32 Å². The lowest BCUT2D eigenvalue weighted by Crippen LogP contribution is -2.37. The third kappa shape index (κ3) is 4.87. The van der Waals surface area contributed by atoms with E-state index in [4.69, 9.17) is 4.74 Å². The van der Waals surface area contributed by atoms with Crippen LogP contribution in [0.3, 0.4) is 0 Å². The van der Waals surface area contributed by atoms with Gasteiger partial charge in [-0.15, -0.1) is 0 Å². The molecule has 0 heterocycles. The standard InChI is InChI=1S/C17H27NO2/c1-12(2)10-15(19)18-16(17(3,4)5)13-8-7-9-14(11-13)20-6/h7-9,11-12,16H,10H2,1-6H3,(H,18,19). The summed E-state index contributed by atoms with van der Waals surface area (Å²) in [6.07, 6.45) is 0.552. The topological polar surface area (TPSA) is 38.3 Å². The second kappa shape index (κ2) is 6.78. The summed E-state index contributed by atoms with van der Waals surface area (Å²) in [6.45, 7) is 10.5. The molecule has 0 aromatic heterocycles. The highest BCUT2D eigenvalue weighted by atomic mass is 16.5. The van der Waals surface area contributed by atoms with E-state index in [0.717, 1.165) is 11.3 Å². The van der Waals surface area contributed by atoms with E-state index in [1.54, 1.807) is 7.11 Å². The van der Waals surface area contributed by atoms with Gasteiger partial charge in [0.1, 0.15) is 5.75 Å². The number of amides is 1. The first-order valence-corrected chi connectivity index (χ1v) is 7.17. The summed E-state index contributed by atoms with van der Waals surface area (Å²) in [5.74, 6) is 1.28. The van der Waals surface area contributed by atoms with Crippen LogP contribution in [0.4, 0.5) is 0 Å². The molecule has 0 saturated heterocycles. The maximum atomic E-state index is 12.1. The van der Waals surface area contributed by atoms with Crippen LogP contribution in [-0.4, -0.2) is 13.0 Å². The SMILES string of the molecule is COc1cccc(C(NC(=O)CC(C)C)C(C)(C)C)c1. The maximum absolute atomic E-state index is 12.1. The highest BCUT2D eigenvalue weighted by Crippen LogP contribution is 2.34. The molecule has 0 spiro atoms. The molecular weight excluding hydrogens is 250 g/mol. The molecule has 112 valence electrons. The molecule has 0 radical (unpaired) electrons. The van der Waals surface area contributed by atoms with E-state index in [-0.39, 0.29) is 17.4 Å². The smallest absolute Gasteiger partial charge is 0.220 e. The molecule has 1 aromatic rings. The predicted molar refractivity (Wildman–Crippen MR) is 82.8 cm³/mol. The Labute approximate surface area is 122 Å². The first-order chi connectivity index (χ1) is 9.24. The molecule has 20 heavy (non-hydrogen) atoms. The van der Waals surface area contributed by atoms with Crippen LogP contribution >= 0.6 is 0 Å². The lowest BCUT2D eigenvalue weighted by atomic mass is 9.82. The van der Waals surface area contributed by atoms with Crippen LogP contribution in [0.15, 0.2) is 24.3 Å². The molecular formula is C17H27NO2. The number of carbonyl (C=O) groups is 1. The fraction of sp³-hybridized carbons (Fsp3) is 0.588. The van der Waals surface area contributed by atoms with Crippen LogP contribution < -0.4 is 10.1 Å². The van der Waals surface area contributed by atoms with Crippen molar-refractivity contribution in [3.8, 4) is 5.75 Å². The molecule has 1 atom stereocenters. The van der Waals surface area contributed by atoms with Crippen molar-refractivity contribution in [3.63, 3.8) is 0 Å². The molecule has 0 saturated carbocycles. The molecule has 1 unspecified atom stereocenters. The van der Waals surface area contributed by atoms with Gasteiger partial charge in [-0.3, -0.25) is 4.79 Å². The van der Waals surface area contributed by atoms with E-state index in [2.05, 4.69) is 39.9 Å². The van der Waals surface area contributed by atoms with Crippen molar-refractivity contribution in [2.75, 3.05) is 7.11 Å². The van der Waals surface area contributed by atoms with E-state index in [1.165, 1.54) is 0 Å². The van der Waals surface area contributed by atoms with E-state index in [1.807, 2.05) is 24.3 Å². The molecule has 0 aliphatic carbocycles. The van der Waals surface area contributed by atoms with Gasteiger partial charge >= 0.3 is 0 Å². The normalized spacial score (nSPS) is 13.2. The molecule has 0 bridgehead atoms. The molecule has 0 fully saturated rings. The van der Waals surface area contributed by atoms with Crippen LogP contribution in [0.25, 0.3) is 0 Å². The molecule has 0 aliphatic heterocycles. The number of carbonyl (C=O) groups excluding carboxylic acids is 1. The highest BCUT2D eigenvalue weighted by Gasteiger charge is 2.28. The van der Waals surface area contributed by atoms with Gasteiger partial charge in [0, 0.05) is 6.42 Å². The molecule has 1 aromatic carbocycles. The van der Waals surface area contributed by atoms with Crippen molar-refractivity contribution in [3.05, 3.63) is 29.8 Å². The Morgan fingerprint density at radius 1 is 1.30 bits per heavy atom. The Kier molecular flexibility index (Phi) is 5.61. The summed E-state index contributed by atoms with van der Waals surface area (Å²) in [5, 5.41) is 3.16. The summed E-state index contributed by atoms with van der Waals surface area (Å²) >= 11 is 0. The number of nitrogens with one attached hydrogen (secondary N) is 1. The first-order valence-electron chi connectivity index (χ1n) is 7.17. The average Bonchev–Trinajstić information content (AvgIpc) is 2.34. The van der Waals surface area contributed by atoms with Crippen molar-refractivity contribution in [1.29, 1.82) is 0 Å². The van der Waals surface area contributed by atoms with Crippen molar-refractivity contribution in [2.24, 2.45) is 11.3 Å². The van der Waals surface area contributed by atoms with Gasteiger partial charge in [-0.05, 0) is 29.0 Å². The van der Waals surface area contributed by atoms with Gasteiger partial charge < -0.3 is 10.1 Å². The number of rotatable bonds is 5. The second-order valence-electron chi connectivity index (χ2n) is 6.74. The van der Waals surface area contributed by atoms with Crippen molar-refractivity contribution < 1.29 is 9.53 Å². The van der Waals surface area contributed by atoms with Gasteiger partial charge in [-0.1, -0.05) is 46.8 Å². The third-order valence-electron chi connectivity index (χ3n) is 3.19. The largest absolute Gasteiger partial charge is 0.497 e. The Morgan fingerprint density at radius 2 is 1.95 bits per heavy atom. The van der Waals surface area contributed by atoms with Gasteiger partial charge in [0.15, 0.2) is 0 Å². The van der Waals surface area contributed by atoms with Crippen LogP contribution in [-0.2, 0) is 4.79 Å². The third-order valence-corrected chi connectivity index (χ3v) is 3.19. The molecule has 3 heteroatoms. The molecule has 0 aliphatic rings. The number of ether oxygens (including phenoxy) is 1. The first kappa shape index (κ1) is 16.5. The summed E-state index contributed by atoms with van der Waals surface area (Å²) in [5.41, 5.74) is 1.02. The minimum Gasteiger partial charge on any atom is -0.497 e. The average molecular weight is 277 g/mol. The van der Waals surface area contributed by atoms with E-state index < -0.39 is 0 Å².